The summed E-state index contributed by atoms with van der Waals surface area (Å²) in [7, 11) is 0. The summed E-state index contributed by atoms with van der Waals surface area (Å²) in [6.45, 7) is 8.56. The van der Waals surface area contributed by atoms with Gasteiger partial charge in [0.1, 0.15) is 5.69 Å². The highest BCUT2D eigenvalue weighted by molar-refractivity contribution is 5.94. The number of carbonyl (C=O) groups excluding carboxylic acids is 1. The monoisotopic (exact) mass is 348 g/mol. The van der Waals surface area contributed by atoms with Crippen LogP contribution in [0, 0.1) is 13.8 Å². The Kier molecular flexibility index (Phi) is 5.21. The molecule has 4 nitrogen and oxygen atoms in total. The smallest absolute Gasteiger partial charge is 0.254 e. The molecule has 0 N–H and O–H groups in total. The molecule has 134 valence electrons. The lowest BCUT2D eigenvalue weighted by atomic mass is 10.0. The molecule has 0 radical (unpaired) electrons. The minimum Gasteiger partial charge on any atom is -0.356 e. The maximum atomic E-state index is 12.8. The number of aromatic nitrogens is 1. The van der Waals surface area contributed by atoms with E-state index in [2.05, 4.69) is 31.1 Å². The van der Waals surface area contributed by atoms with E-state index < -0.39 is 0 Å². The van der Waals surface area contributed by atoms with E-state index in [-0.39, 0.29) is 11.9 Å². The number of carbonyl (C=O) groups is 1. The summed E-state index contributed by atoms with van der Waals surface area (Å²) < 4.78 is 5.55. The number of hydrogen-bond acceptors (Lipinski definition) is 3. The molecule has 1 heterocycles. The van der Waals surface area contributed by atoms with E-state index in [0.29, 0.717) is 12.1 Å². The topological polar surface area (TPSA) is 46.3 Å². The van der Waals surface area contributed by atoms with Crippen LogP contribution in [0.5, 0.6) is 0 Å². The zero-order valence-corrected chi connectivity index (χ0v) is 15.7. The van der Waals surface area contributed by atoms with Crippen LogP contribution in [-0.2, 0) is 6.54 Å². The highest BCUT2D eigenvalue weighted by Gasteiger charge is 2.21. The molecule has 0 unspecified atom stereocenters. The van der Waals surface area contributed by atoms with Crippen LogP contribution in [0.3, 0.4) is 0 Å². The molecule has 3 aromatic rings. The Morgan fingerprint density at radius 1 is 1.08 bits per heavy atom. The molecular formula is C22H24N2O2. The van der Waals surface area contributed by atoms with Gasteiger partial charge in [0.15, 0.2) is 5.76 Å². The van der Waals surface area contributed by atoms with Gasteiger partial charge in [-0.15, -0.1) is 0 Å². The van der Waals surface area contributed by atoms with Crippen molar-refractivity contribution in [3.8, 4) is 11.3 Å². The number of rotatable bonds is 5. The maximum Gasteiger partial charge on any atom is 0.254 e. The zero-order chi connectivity index (χ0) is 18.7. The fourth-order valence-corrected chi connectivity index (χ4v) is 3.01. The van der Waals surface area contributed by atoms with Crippen LogP contribution >= 0.6 is 0 Å². The normalized spacial score (nSPS) is 11.0. The van der Waals surface area contributed by atoms with Gasteiger partial charge in [-0.3, -0.25) is 4.79 Å². The van der Waals surface area contributed by atoms with Crippen LogP contribution in [-0.4, -0.2) is 22.0 Å². The van der Waals surface area contributed by atoms with E-state index >= 15 is 0 Å². The molecule has 0 aliphatic heterocycles. The van der Waals surface area contributed by atoms with Gasteiger partial charge in [0, 0.05) is 23.2 Å². The van der Waals surface area contributed by atoms with Gasteiger partial charge in [-0.2, -0.15) is 0 Å². The van der Waals surface area contributed by atoms with Crippen molar-refractivity contribution in [2.24, 2.45) is 0 Å². The van der Waals surface area contributed by atoms with E-state index in [1.165, 1.54) is 5.56 Å². The number of hydrogen-bond donors (Lipinski definition) is 0. The third-order valence-electron chi connectivity index (χ3n) is 4.44. The Labute approximate surface area is 154 Å². The summed E-state index contributed by atoms with van der Waals surface area (Å²) >= 11 is 0. The molecule has 1 aromatic heterocycles. The first-order chi connectivity index (χ1) is 12.5. The van der Waals surface area contributed by atoms with Crippen molar-refractivity contribution in [1.29, 1.82) is 0 Å². The van der Waals surface area contributed by atoms with Gasteiger partial charge >= 0.3 is 0 Å². The minimum absolute atomic E-state index is 0.00309. The SMILES string of the molecule is Cc1ccc(-c2cc(CN(C(=O)c3ccccc3)C(C)C)no2)c(C)c1. The average molecular weight is 348 g/mol. The largest absolute Gasteiger partial charge is 0.356 e. The Bertz CT molecular complexity index is 898. The summed E-state index contributed by atoms with van der Waals surface area (Å²) in [5.74, 6) is 0.727. The molecule has 0 atom stereocenters. The summed E-state index contributed by atoms with van der Waals surface area (Å²) in [6.07, 6.45) is 0. The van der Waals surface area contributed by atoms with Crippen LogP contribution < -0.4 is 0 Å². The van der Waals surface area contributed by atoms with E-state index in [1.807, 2.05) is 56.3 Å². The van der Waals surface area contributed by atoms with Gasteiger partial charge in [-0.1, -0.05) is 47.1 Å². The molecule has 0 saturated heterocycles. The van der Waals surface area contributed by atoms with Gasteiger partial charge in [0.25, 0.3) is 5.91 Å². The molecular weight excluding hydrogens is 324 g/mol. The Hall–Kier alpha value is -2.88. The standard InChI is InChI=1S/C22H24N2O2/c1-15(2)24(22(25)18-8-6-5-7-9-18)14-19-13-21(26-23-19)20-11-10-16(3)12-17(20)4/h5-13,15H,14H2,1-4H3. The zero-order valence-electron chi connectivity index (χ0n) is 15.7. The van der Waals surface area contributed by atoms with Gasteiger partial charge in [-0.25, -0.2) is 0 Å². The molecule has 0 fully saturated rings. The first kappa shape index (κ1) is 17.9. The van der Waals surface area contributed by atoms with E-state index in [1.54, 1.807) is 4.90 Å². The number of amides is 1. The van der Waals surface area contributed by atoms with Crippen LogP contribution in [0.15, 0.2) is 59.1 Å². The van der Waals surface area contributed by atoms with Crippen molar-refractivity contribution in [3.63, 3.8) is 0 Å². The summed E-state index contributed by atoms with van der Waals surface area (Å²) in [4.78, 5) is 14.6. The Morgan fingerprint density at radius 2 is 1.81 bits per heavy atom. The molecule has 0 bridgehead atoms. The molecule has 0 spiro atoms. The second-order valence-corrected chi connectivity index (χ2v) is 6.89. The van der Waals surface area contributed by atoms with Crippen LogP contribution in [0.4, 0.5) is 0 Å². The Morgan fingerprint density at radius 3 is 2.46 bits per heavy atom. The number of nitrogens with zero attached hydrogens (tertiary/aromatic N) is 2. The van der Waals surface area contributed by atoms with Crippen molar-refractivity contribution in [1.82, 2.24) is 10.1 Å². The maximum absolute atomic E-state index is 12.8. The minimum atomic E-state index is -0.00309. The average Bonchev–Trinajstić information content (AvgIpc) is 3.08. The van der Waals surface area contributed by atoms with Crippen molar-refractivity contribution < 1.29 is 9.32 Å². The van der Waals surface area contributed by atoms with Crippen LogP contribution in [0.25, 0.3) is 11.3 Å². The lowest BCUT2D eigenvalue weighted by molar-refractivity contribution is 0.0686. The first-order valence-electron chi connectivity index (χ1n) is 8.85. The van der Waals surface area contributed by atoms with E-state index in [9.17, 15) is 4.79 Å². The van der Waals surface area contributed by atoms with E-state index in [4.69, 9.17) is 4.52 Å². The van der Waals surface area contributed by atoms with Gasteiger partial charge < -0.3 is 9.42 Å². The lowest BCUT2D eigenvalue weighted by Crippen LogP contribution is -2.36. The van der Waals surface area contributed by atoms with Crippen molar-refractivity contribution in [2.45, 2.75) is 40.3 Å². The first-order valence-corrected chi connectivity index (χ1v) is 8.85. The van der Waals surface area contributed by atoms with Crippen molar-refractivity contribution >= 4 is 5.91 Å². The Balaban J connectivity index is 1.83. The summed E-state index contributed by atoms with van der Waals surface area (Å²) in [5, 5.41) is 4.19. The number of benzene rings is 2. The highest BCUT2D eigenvalue weighted by Crippen LogP contribution is 2.25. The molecule has 2 aromatic carbocycles. The summed E-state index contributed by atoms with van der Waals surface area (Å²) in [6, 6.07) is 17.5. The van der Waals surface area contributed by atoms with Crippen LogP contribution in [0.1, 0.15) is 41.0 Å². The molecule has 1 amide bonds. The van der Waals surface area contributed by atoms with E-state index in [0.717, 1.165) is 22.6 Å². The highest BCUT2D eigenvalue weighted by atomic mass is 16.5. The predicted molar refractivity (Wildman–Crippen MR) is 103 cm³/mol. The molecule has 4 heteroatoms. The molecule has 0 saturated carbocycles. The van der Waals surface area contributed by atoms with Crippen LogP contribution in [0.2, 0.25) is 0 Å². The summed E-state index contributed by atoms with van der Waals surface area (Å²) in [5.41, 5.74) is 4.82. The molecule has 0 aliphatic rings. The van der Waals surface area contributed by atoms with Crippen molar-refractivity contribution in [3.05, 3.63) is 77.0 Å². The quantitative estimate of drug-likeness (QED) is 0.651. The van der Waals surface area contributed by atoms with Gasteiger partial charge in [0.05, 0.1) is 6.54 Å². The second-order valence-electron chi connectivity index (χ2n) is 6.89. The second kappa shape index (κ2) is 7.56. The van der Waals surface area contributed by atoms with Crippen molar-refractivity contribution in [2.75, 3.05) is 0 Å². The van der Waals surface area contributed by atoms with Gasteiger partial charge in [-0.05, 0) is 45.4 Å². The molecule has 0 aliphatic carbocycles. The lowest BCUT2D eigenvalue weighted by Gasteiger charge is -2.25. The molecule has 26 heavy (non-hydrogen) atoms. The molecule has 3 rings (SSSR count). The fourth-order valence-electron chi connectivity index (χ4n) is 3.01. The van der Waals surface area contributed by atoms with Gasteiger partial charge in [0.2, 0.25) is 0 Å². The predicted octanol–water partition coefficient (Wildman–Crippen LogP) is 5.01. The fraction of sp³-hybridized carbons (Fsp3) is 0.273. The number of aryl methyl sites for hydroxylation is 2. The third kappa shape index (κ3) is 3.85. The third-order valence-corrected chi connectivity index (χ3v) is 4.44.